The monoisotopic (exact) mass is 501 g/mol. The summed E-state index contributed by atoms with van der Waals surface area (Å²) in [7, 11) is 0. The molecule has 1 fully saturated rings. The van der Waals surface area contributed by atoms with Crippen molar-refractivity contribution in [3.63, 3.8) is 0 Å². The minimum absolute atomic E-state index is 0.129. The summed E-state index contributed by atoms with van der Waals surface area (Å²) in [6.45, 7) is 6.25. The fourth-order valence-electron chi connectivity index (χ4n) is 4.51. The van der Waals surface area contributed by atoms with Gasteiger partial charge in [-0.3, -0.25) is 0 Å². The van der Waals surface area contributed by atoms with Crippen LogP contribution in [0.3, 0.4) is 0 Å². The molecular weight excluding hydrogens is 470 g/mol. The first kappa shape index (κ1) is 24.5. The number of aromatic nitrogens is 5. The van der Waals surface area contributed by atoms with Crippen molar-refractivity contribution in [3.05, 3.63) is 71.6 Å². The lowest BCUT2D eigenvalue weighted by molar-refractivity contribution is -0.645. The lowest BCUT2D eigenvalue weighted by Crippen LogP contribution is -2.46. The largest absolute Gasteiger partial charge is 0.691 e. The third-order valence-electron chi connectivity index (χ3n) is 6.62. The van der Waals surface area contributed by atoms with Gasteiger partial charge in [0.25, 0.3) is 0 Å². The maximum atomic E-state index is 12.9. The number of unbranched alkanes of at least 4 members (excludes halogenated alkanes) is 3. The predicted molar refractivity (Wildman–Crippen MR) is 141 cm³/mol. The van der Waals surface area contributed by atoms with Crippen LogP contribution in [0.4, 0.5) is 11.5 Å². The molecule has 0 bridgehead atoms. The number of para-hydroxylation sites is 2. The van der Waals surface area contributed by atoms with E-state index in [4.69, 9.17) is 4.74 Å². The van der Waals surface area contributed by atoms with E-state index in [-0.39, 0.29) is 5.69 Å². The van der Waals surface area contributed by atoms with E-state index in [1.165, 1.54) is 24.9 Å². The molecule has 1 saturated heterocycles. The number of benzene rings is 2. The number of fused-ring (bicyclic) bond motifs is 1. The highest BCUT2D eigenvalue weighted by atomic mass is 16.5. The number of hydrogen-bond donors (Lipinski definition) is 0. The Hall–Kier alpha value is -4.21. The number of ether oxygens (including phenoxy) is 1. The van der Waals surface area contributed by atoms with E-state index < -0.39 is 5.91 Å². The molecule has 37 heavy (non-hydrogen) atoms. The molecule has 4 aromatic rings. The zero-order chi connectivity index (χ0) is 25.6. The first-order valence-electron chi connectivity index (χ1n) is 12.8. The molecule has 10 nitrogen and oxygen atoms in total. The maximum absolute atomic E-state index is 12.9. The summed E-state index contributed by atoms with van der Waals surface area (Å²) in [6.07, 6.45) is 4.79. The second-order valence-electron chi connectivity index (χ2n) is 9.12. The van der Waals surface area contributed by atoms with Crippen LogP contribution in [0.15, 0.2) is 60.7 Å². The zero-order valence-electron chi connectivity index (χ0n) is 21.0. The minimum Gasteiger partial charge on any atom is -0.691 e. The van der Waals surface area contributed by atoms with Gasteiger partial charge in [0.05, 0.1) is 6.61 Å². The number of rotatable bonds is 9. The standard InChI is InChI=1S/C27H31N7O3/c1-2-3-4-7-20-37-22-12-10-21(11-13-22)31-16-18-32(19-17-31)26-15-14-23(28-29-26)27(35)33-24-8-5-6-9-25(24)34(36)30-33/h5-6,8-15H,2-4,7,16-20H2,1H3. The molecule has 0 spiro atoms. The van der Waals surface area contributed by atoms with E-state index in [0.717, 1.165) is 49.6 Å². The van der Waals surface area contributed by atoms with Crippen molar-refractivity contribution in [1.82, 2.24) is 20.1 Å². The lowest BCUT2D eigenvalue weighted by Gasteiger charge is -2.36. The smallest absolute Gasteiger partial charge is 0.387 e. The van der Waals surface area contributed by atoms with Crippen LogP contribution in [0.25, 0.3) is 11.0 Å². The summed E-state index contributed by atoms with van der Waals surface area (Å²) in [6, 6.07) is 18.5. The molecule has 192 valence electrons. The molecule has 0 saturated carbocycles. The van der Waals surface area contributed by atoms with Crippen LogP contribution in [-0.4, -0.2) is 58.8 Å². The molecule has 0 atom stereocenters. The molecule has 1 aliphatic heterocycles. The average Bonchev–Trinajstić information content (AvgIpc) is 3.29. The number of anilines is 2. The first-order chi connectivity index (χ1) is 18.1. The summed E-state index contributed by atoms with van der Waals surface area (Å²) in [5, 5.41) is 24.2. The Balaban J connectivity index is 1.16. The van der Waals surface area contributed by atoms with Crippen molar-refractivity contribution in [2.75, 3.05) is 42.6 Å². The van der Waals surface area contributed by atoms with Crippen LogP contribution < -0.4 is 19.4 Å². The molecule has 5 rings (SSSR count). The van der Waals surface area contributed by atoms with Gasteiger partial charge in [-0.1, -0.05) is 43.0 Å². The molecule has 3 heterocycles. The Morgan fingerprint density at radius 1 is 0.919 bits per heavy atom. The van der Waals surface area contributed by atoms with E-state index >= 15 is 0 Å². The summed E-state index contributed by atoms with van der Waals surface area (Å²) >= 11 is 0. The van der Waals surface area contributed by atoms with Crippen LogP contribution in [-0.2, 0) is 0 Å². The van der Waals surface area contributed by atoms with Gasteiger partial charge in [0.2, 0.25) is 11.0 Å². The van der Waals surface area contributed by atoms with Gasteiger partial charge in [-0.05, 0) is 55.0 Å². The van der Waals surface area contributed by atoms with Crippen molar-refractivity contribution in [3.8, 4) is 5.75 Å². The molecule has 0 radical (unpaired) electrons. The van der Waals surface area contributed by atoms with E-state index in [0.29, 0.717) is 21.7 Å². The number of nitrogens with zero attached hydrogens (tertiary/aromatic N) is 7. The van der Waals surface area contributed by atoms with Gasteiger partial charge < -0.3 is 19.7 Å². The van der Waals surface area contributed by atoms with Crippen molar-refractivity contribution >= 4 is 28.4 Å². The van der Waals surface area contributed by atoms with Crippen LogP contribution in [0.5, 0.6) is 5.75 Å². The Morgan fingerprint density at radius 3 is 2.41 bits per heavy atom. The van der Waals surface area contributed by atoms with Crippen molar-refractivity contribution in [2.45, 2.75) is 32.6 Å². The Bertz CT molecular complexity index is 1330. The number of hydrogen-bond acceptors (Lipinski definition) is 8. The number of carbonyl (C=O) groups is 1. The topological polar surface area (TPSA) is 103 Å². The number of piperazine rings is 1. The predicted octanol–water partition coefficient (Wildman–Crippen LogP) is 3.43. The summed E-state index contributed by atoms with van der Waals surface area (Å²) in [4.78, 5) is 17.8. The van der Waals surface area contributed by atoms with Gasteiger partial charge in [0, 0.05) is 31.9 Å². The maximum Gasteiger partial charge on any atom is 0.387 e. The van der Waals surface area contributed by atoms with Gasteiger partial charge >= 0.3 is 5.91 Å². The fraction of sp³-hybridized carbons (Fsp3) is 0.370. The molecule has 2 aromatic heterocycles. The highest BCUT2D eigenvalue weighted by Gasteiger charge is 2.25. The van der Waals surface area contributed by atoms with Crippen molar-refractivity contribution in [1.29, 1.82) is 0 Å². The summed E-state index contributed by atoms with van der Waals surface area (Å²) < 4.78 is 6.92. The Labute approximate surface area is 215 Å². The van der Waals surface area contributed by atoms with Crippen molar-refractivity contribution in [2.24, 2.45) is 0 Å². The normalized spacial score (nSPS) is 13.8. The zero-order valence-corrected chi connectivity index (χ0v) is 21.0. The van der Waals surface area contributed by atoms with E-state index in [9.17, 15) is 10.0 Å². The molecule has 10 heteroatoms. The fourth-order valence-corrected chi connectivity index (χ4v) is 4.51. The SMILES string of the molecule is CCCCCCOc1ccc(N2CCN(c3ccc(C(=O)n4n[n+]([O-])c5ccccc54)nn3)CC2)cc1. The van der Waals surface area contributed by atoms with Crippen LogP contribution in [0.1, 0.15) is 43.1 Å². The molecule has 0 amide bonds. The van der Waals surface area contributed by atoms with Crippen molar-refractivity contribution < 1.29 is 14.4 Å². The number of carbonyl (C=O) groups excluding carboxylic acids is 1. The van der Waals surface area contributed by atoms with E-state index in [1.807, 2.05) is 12.1 Å². The van der Waals surface area contributed by atoms with Crippen LogP contribution in [0.2, 0.25) is 0 Å². The van der Waals surface area contributed by atoms with Gasteiger partial charge in [-0.25, -0.2) is 4.79 Å². The molecule has 0 N–H and O–H groups in total. The Morgan fingerprint density at radius 2 is 1.68 bits per heavy atom. The molecule has 1 aliphatic rings. The molecule has 0 aliphatic carbocycles. The summed E-state index contributed by atoms with van der Waals surface area (Å²) in [5.41, 5.74) is 2.05. The van der Waals surface area contributed by atoms with Crippen LogP contribution >= 0.6 is 0 Å². The second kappa shape index (κ2) is 11.2. The highest BCUT2D eigenvalue weighted by Crippen LogP contribution is 2.22. The minimum atomic E-state index is -0.497. The summed E-state index contributed by atoms with van der Waals surface area (Å²) in [5.74, 6) is 1.13. The molecule has 2 aromatic carbocycles. The van der Waals surface area contributed by atoms with Gasteiger partial charge in [-0.2, -0.15) is 0 Å². The molecular formula is C27H31N7O3. The van der Waals surface area contributed by atoms with E-state index in [2.05, 4.69) is 44.3 Å². The Kier molecular flexibility index (Phi) is 7.43. The van der Waals surface area contributed by atoms with Gasteiger partial charge in [-0.15, -0.1) is 15.0 Å². The highest BCUT2D eigenvalue weighted by molar-refractivity contribution is 5.98. The third kappa shape index (κ3) is 5.47. The van der Waals surface area contributed by atoms with Gasteiger partial charge in [0.1, 0.15) is 11.0 Å². The third-order valence-corrected chi connectivity index (χ3v) is 6.62. The molecule has 0 unspecified atom stereocenters. The lowest BCUT2D eigenvalue weighted by atomic mass is 10.2. The van der Waals surface area contributed by atoms with Gasteiger partial charge in [0.15, 0.2) is 11.5 Å². The first-order valence-corrected chi connectivity index (χ1v) is 12.8. The van der Waals surface area contributed by atoms with E-state index in [1.54, 1.807) is 36.4 Å². The van der Waals surface area contributed by atoms with Crippen LogP contribution in [0, 0.1) is 5.21 Å². The average molecular weight is 502 g/mol. The second-order valence-corrected chi connectivity index (χ2v) is 9.12. The quantitative estimate of drug-likeness (QED) is 0.195.